The van der Waals surface area contributed by atoms with Crippen LogP contribution in [0.3, 0.4) is 0 Å². The van der Waals surface area contributed by atoms with Gasteiger partial charge < -0.3 is 25.4 Å². The summed E-state index contributed by atoms with van der Waals surface area (Å²) in [4.78, 5) is 37.8. The number of esters is 1. The maximum absolute atomic E-state index is 13.1. The molecule has 2 atom stereocenters. The molecule has 0 saturated carbocycles. The van der Waals surface area contributed by atoms with Crippen molar-refractivity contribution in [3.63, 3.8) is 0 Å². The zero-order valence-electron chi connectivity index (χ0n) is 16.1. The molecule has 8 heteroatoms. The van der Waals surface area contributed by atoms with Crippen LogP contribution in [0.2, 0.25) is 0 Å². The van der Waals surface area contributed by atoms with E-state index in [9.17, 15) is 14.4 Å². The number of piperidine rings is 1. The molecule has 2 saturated heterocycles. The van der Waals surface area contributed by atoms with Crippen LogP contribution in [0.5, 0.6) is 0 Å². The summed E-state index contributed by atoms with van der Waals surface area (Å²) in [6.07, 6.45) is 0.285. The minimum absolute atomic E-state index is 0.00845. The third-order valence-corrected chi connectivity index (χ3v) is 5.27. The van der Waals surface area contributed by atoms with Crippen molar-refractivity contribution < 1.29 is 24.2 Å². The van der Waals surface area contributed by atoms with E-state index in [2.05, 4.69) is 10.6 Å². The maximum atomic E-state index is 13.1. The summed E-state index contributed by atoms with van der Waals surface area (Å²) < 4.78 is 5.43. The zero-order chi connectivity index (χ0) is 19.5. The van der Waals surface area contributed by atoms with Gasteiger partial charge in [0.2, 0.25) is 5.91 Å². The van der Waals surface area contributed by atoms with Crippen molar-refractivity contribution in [1.29, 1.82) is 0 Å². The molecule has 0 spiro atoms. The molecule has 3 N–H and O–H groups in total. The van der Waals surface area contributed by atoms with E-state index >= 15 is 0 Å². The van der Waals surface area contributed by atoms with E-state index < -0.39 is 17.1 Å². The normalized spacial score (nSPS) is 27.2. The van der Waals surface area contributed by atoms with E-state index in [1.165, 1.54) is 4.90 Å². The van der Waals surface area contributed by atoms with Gasteiger partial charge >= 0.3 is 12.1 Å². The molecule has 2 aliphatic heterocycles. The van der Waals surface area contributed by atoms with Crippen LogP contribution >= 0.6 is 0 Å². The van der Waals surface area contributed by atoms with Crippen molar-refractivity contribution in [1.82, 2.24) is 15.5 Å². The molecule has 0 radical (unpaired) electrons. The van der Waals surface area contributed by atoms with Crippen LogP contribution in [0.25, 0.3) is 0 Å². The molecule has 0 aliphatic carbocycles. The predicted molar refractivity (Wildman–Crippen MR) is 95.7 cm³/mol. The number of ether oxygens (including phenoxy) is 1. The molecule has 0 unspecified atom stereocenters. The Labute approximate surface area is 154 Å². The van der Waals surface area contributed by atoms with Gasteiger partial charge in [0.05, 0.1) is 11.8 Å². The van der Waals surface area contributed by atoms with E-state index in [1.54, 1.807) is 0 Å². The number of rotatable bonds is 4. The molecule has 148 valence electrons. The summed E-state index contributed by atoms with van der Waals surface area (Å²) in [5.74, 6) is -0.507. The van der Waals surface area contributed by atoms with Crippen molar-refractivity contribution in [3.8, 4) is 0 Å². The summed E-state index contributed by atoms with van der Waals surface area (Å²) in [6.45, 7) is 9.33. The summed E-state index contributed by atoms with van der Waals surface area (Å²) >= 11 is 0. The highest BCUT2D eigenvalue weighted by molar-refractivity contribution is 5.88. The van der Waals surface area contributed by atoms with Gasteiger partial charge in [0.25, 0.3) is 0 Å². The van der Waals surface area contributed by atoms with Crippen LogP contribution in [0, 0.1) is 11.3 Å². The molecular formula is C18H31N3O5. The van der Waals surface area contributed by atoms with Crippen LogP contribution < -0.4 is 10.6 Å². The number of amides is 2. The molecule has 0 aromatic heterocycles. The van der Waals surface area contributed by atoms with Gasteiger partial charge in [-0.05, 0) is 46.1 Å². The molecule has 0 aromatic carbocycles. The Morgan fingerprint density at radius 3 is 2.35 bits per heavy atom. The van der Waals surface area contributed by atoms with Crippen molar-refractivity contribution in [3.05, 3.63) is 0 Å². The van der Waals surface area contributed by atoms with Gasteiger partial charge in [-0.2, -0.15) is 0 Å². The minimum Gasteiger partial charge on any atom is -0.465 e. The first-order chi connectivity index (χ1) is 12.0. The molecule has 2 fully saturated rings. The fourth-order valence-electron chi connectivity index (χ4n) is 3.68. The number of carbonyl (C=O) groups excluding carboxylic acids is 2. The van der Waals surface area contributed by atoms with E-state index in [0.29, 0.717) is 39.0 Å². The second-order valence-corrected chi connectivity index (χ2v) is 8.47. The Kier molecular flexibility index (Phi) is 6.16. The zero-order valence-corrected chi connectivity index (χ0v) is 16.1. The van der Waals surface area contributed by atoms with Crippen LogP contribution in [0.1, 0.15) is 47.0 Å². The Morgan fingerprint density at radius 1 is 1.27 bits per heavy atom. The number of hydrogen-bond acceptors (Lipinski definition) is 5. The third-order valence-electron chi connectivity index (χ3n) is 5.27. The maximum Gasteiger partial charge on any atom is 0.407 e. The Bertz CT molecular complexity index is 552. The number of carboxylic acid groups (broad SMARTS) is 1. The Morgan fingerprint density at radius 2 is 1.88 bits per heavy atom. The lowest BCUT2D eigenvalue weighted by atomic mass is 9.75. The molecule has 2 rings (SSSR count). The van der Waals surface area contributed by atoms with Gasteiger partial charge in [-0.25, -0.2) is 4.79 Å². The second kappa shape index (κ2) is 7.82. The summed E-state index contributed by atoms with van der Waals surface area (Å²) in [5.41, 5.74) is -1.42. The first kappa shape index (κ1) is 20.5. The van der Waals surface area contributed by atoms with E-state index in [1.807, 2.05) is 27.7 Å². The molecule has 0 aromatic rings. The quantitative estimate of drug-likeness (QED) is 0.643. The van der Waals surface area contributed by atoms with Gasteiger partial charge in [0.15, 0.2) is 0 Å². The number of carbonyl (C=O) groups is 3. The minimum atomic E-state index is -0.926. The topological polar surface area (TPSA) is 108 Å². The summed E-state index contributed by atoms with van der Waals surface area (Å²) in [5, 5.41) is 15.3. The monoisotopic (exact) mass is 369 g/mol. The van der Waals surface area contributed by atoms with Gasteiger partial charge in [-0.1, -0.05) is 6.92 Å². The highest BCUT2D eigenvalue weighted by Crippen LogP contribution is 2.36. The lowest BCUT2D eigenvalue weighted by molar-refractivity contribution is -0.161. The van der Waals surface area contributed by atoms with Gasteiger partial charge in [0, 0.05) is 25.7 Å². The average molecular weight is 369 g/mol. The standard InChI is InChI=1S/C18H31N3O5/c1-12-10-19-11-18(12,9-14(22)26-17(2,3)4)15(23)20-13-5-7-21(8-6-13)16(24)25/h12-13,19H,5-11H2,1-4H3,(H,20,23)(H,24,25)/t12-,18+/m1/s1. The van der Waals surface area contributed by atoms with Crippen molar-refractivity contribution in [2.75, 3.05) is 26.2 Å². The first-order valence-corrected chi connectivity index (χ1v) is 9.25. The molecule has 26 heavy (non-hydrogen) atoms. The molecular weight excluding hydrogens is 338 g/mol. The van der Waals surface area contributed by atoms with Crippen molar-refractivity contribution in [2.24, 2.45) is 11.3 Å². The Balaban J connectivity index is 2.01. The molecule has 0 bridgehead atoms. The lowest BCUT2D eigenvalue weighted by Crippen LogP contribution is -2.53. The first-order valence-electron chi connectivity index (χ1n) is 9.25. The summed E-state index contributed by atoms with van der Waals surface area (Å²) in [7, 11) is 0. The van der Waals surface area contributed by atoms with Gasteiger partial charge in [0.1, 0.15) is 5.60 Å². The number of hydrogen-bond donors (Lipinski definition) is 3. The number of nitrogens with one attached hydrogen (secondary N) is 2. The second-order valence-electron chi connectivity index (χ2n) is 8.47. The molecule has 8 nitrogen and oxygen atoms in total. The van der Waals surface area contributed by atoms with Crippen molar-refractivity contribution >= 4 is 18.0 Å². The number of likely N-dealkylation sites (tertiary alicyclic amines) is 1. The third kappa shape index (κ3) is 4.87. The number of nitrogens with zero attached hydrogens (tertiary/aromatic N) is 1. The summed E-state index contributed by atoms with van der Waals surface area (Å²) in [6, 6.07) is -0.0681. The van der Waals surface area contributed by atoms with Gasteiger partial charge in [-0.3, -0.25) is 9.59 Å². The van der Waals surface area contributed by atoms with Crippen molar-refractivity contribution in [2.45, 2.75) is 58.6 Å². The van der Waals surface area contributed by atoms with Gasteiger partial charge in [-0.15, -0.1) is 0 Å². The van der Waals surface area contributed by atoms with Crippen LogP contribution in [0.15, 0.2) is 0 Å². The molecule has 2 aliphatic rings. The molecule has 2 amide bonds. The lowest BCUT2D eigenvalue weighted by Gasteiger charge is -2.36. The van der Waals surface area contributed by atoms with E-state index in [4.69, 9.17) is 9.84 Å². The van der Waals surface area contributed by atoms with E-state index in [0.717, 1.165) is 0 Å². The van der Waals surface area contributed by atoms with Crippen LogP contribution in [-0.4, -0.2) is 65.8 Å². The van der Waals surface area contributed by atoms with E-state index in [-0.39, 0.29) is 30.3 Å². The largest absolute Gasteiger partial charge is 0.465 e. The Hall–Kier alpha value is -1.83. The SMILES string of the molecule is C[C@@H]1CNC[C@]1(CC(=O)OC(C)(C)C)C(=O)NC1CCN(C(=O)O)CC1. The highest BCUT2D eigenvalue weighted by atomic mass is 16.6. The predicted octanol–water partition coefficient (Wildman–Crippen LogP) is 1.20. The average Bonchev–Trinajstić information content (AvgIpc) is 2.87. The highest BCUT2D eigenvalue weighted by Gasteiger charge is 2.49. The smallest absolute Gasteiger partial charge is 0.407 e. The fourth-order valence-corrected chi connectivity index (χ4v) is 3.68. The van der Waals surface area contributed by atoms with Crippen LogP contribution in [0.4, 0.5) is 4.79 Å². The van der Waals surface area contributed by atoms with Crippen LogP contribution in [-0.2, 0) is 14.3 Å². The molecule has 2 heterocycles. The fraction of sp³-hybridized carbons (Fsp3) is 0.833.